The molecule has 5 unspecified atom stereocenters. The highest BCUT2D eigenvalue weighted by atomic mass is 16.1. The van der Waals surface area contributed by atoms with E-state index < -0.39 is 0 Å². The van der Waals surface area contributed by atoms with Crippen molar-refractivity contribution in [2.45, 2.75) is 45.1 Å². The van der Waals surface area contributed by atoms with Crippen molar-refractivity contribution < 1.29 is 4.79 Å². The molecule has 2 aliphatic carbocycles. The van der Waals surface area contributed by atoms with Crippen molar-refractivity contribution in [3.05, 3.63) is 0 Å². The molecule has 2 N–H and O–H groups in total. The molecule has 0 aromatic rings. The third-order valence-corrected chi connectivity index (χ3v) is 5.20. The average molecular weight is 236 g/mol. The van der Waals surface area contributed by atoms with Gasteiger partial charge in [-0.2, -0.15) is 0 Å². The molecule has 5 atom stereocenters. The molecule has 0 radical (unpaired) electrons. The van der Waals surface area contributed by atoms with E-state index in [4.69, 9.17) is 0 Å². The van der Waals surface area contributed by atoms with Crippen molar-refractivity contribution in [2.24, 2.45) is 23.7 Å². The smallest absolute Gasteiger partial charge is 0.220 e. The Balaban J connectivity index is 1.47. The van der Waals surface area contributed by atoms with Crippen LogP contribution >= 0.6 is 0 Å². The number of amides is 1. The largest absolute Gasteiger partial charge is 0.352 e. The number of rotatable bonds is 3. The van der Waals surface area contributed by atoms with Gasteiger partial charge in [0.05, 0.1) is 0 Å². The Bertz CT molecular complexity index is 305. The monoisotopic (exact) mass is 236 g/mol. The molecule has 3 fully saturated rings. The molecule has 3 nitrogen and oxygen atoms in total. The number of carbonyl (C=O) groups excluding carboxylic acids is 1. The zero-order valence-electron chi connectivity index (χ0n) is 10.7. The van der Waals surface area contributed by atoms with E-state index in [0.717, 1.165) is 31.3 Å². The Labute approximate surface area is 104 Å². The van der Waals surface area contributed by atoms with E-state index >= 15 is 0 Å². The quantitative estimate of drug-likeness (QED) is 0.780. The second-order valence-corrected chi connectivity index (χ2v) is 6.45. The van der Waals surface area contributed by atoms with Crippen molar-refractivity contribution in [3.63, 3.8) is 0 Å². The Hall–Kier alpha value is -0.570. The first-order chi connectivity index (χ1) is 8.22. The Kier molecular flexibility index (Phi) is 3.12. The summed E-state index contributed by atoms with van der Waals surface area (Å²) < 4.78 is 0. The van der Waals surface area contributed by atoms with Gasteiger partial charge in [0.15, 0.2) is 0 Å². The van der Waals surface area contributed by atoms with Crippen molar-refractivity contribution in [3.8, 4) is 0 Å². The van der Waals surface area contributed by atoms with Crippen molar-refractivity contribution in [2.75, 3.05) is 13.1 Å². The fourth-order valence-electron chi connectivity index (χ4n) is 4.13. The Morgan fingerprint density at radius 1 is 1.29 bits per heavy atom. The molecule has 0 aromatic heterocycles. The molecular weight excluding hydrogens is 212 g/mol. The van der Waals surface area contributed by atoms with Gasteiger partial charge in [0.2, 0.25) is 5.91 Å². The van der Waals surface area contributed by atoms with Gasteiger partial charge in [-0.3, -0.25) is 4.79 Å². The zero-order valence-corrected chi connectivity index (χ0v) is 10.7. The van der Waals surface area contributed by atoms with Gasteiger partial charge >= 0.3 is 0 Å². The van der Waals surface area contributed by atoms with E-state index in [1.165, 1.54) is 25.7 Å². The molecule has 1 heterocycles. The number of hydrogen-bond acceptors (Lipinski definition) is 2. The summed E-state index contributed by atoms with van der Waals surface area (Å²) in [6, 6.07) is 0.362. The molecule has 3 heteroatoms. The molecule has 2 bridgehead atoms. The van der Waals surface area contributed by atoms with E-state index in [2.05, 4.69) is 17.6 Å². The van der Waals surface area contributed by atoms with Gasteiger partial charge in [-0.25, -0.2) is 0 Å². The molecule has 1 amide bonds. The molecular formula is C14H24N2O. The van der Waals surface area contributed by atoms with E-state index in [-0.39, 0.29) is 0 Å². The first-order valence-corrected chi connectivity index (χ1v) is 7.22. The summed E-state index contributed by atoms with van der Waals surface area (Å²) in [5, 5.41) is 6.55. The highest BCUT2D eigenvalue weighted by Crippen LogP contribution is 2.49. The van der Waals surface area contributed by atoms with E-state index in [1.807, 2.05) is 0 Å². The van der Waals surface area contributed by atoms with Crippen LogP contribution in [0.15, 0.2) is 0 Å². The first kappa shape index (κ1) is 11.5. The topological polar surface area (TPSA) is 41.1 Å². The maximum absolute atomic E-state index is 12.0. The molecule has 17 heavy (non-hydrogen) atoms. The van der Waals surface area contributed by atoms with Gasteiger partial charge in [-0.1, -0.05) is 13.3 Å². The minimum Gasteiger partial charge on any atom is -0.352 e. The van der Waals surface area contributed by atoms with Crippen LogP contribution in [0.2, 0.25) is 0 Å². The van der Waals surface area contributed by atoms with Crippen LogP contribution < -0.4 is 10.6 Å². The number of carbonyl (C=O) groups is 1. The summed E-state index contributed by atoms with van der Waals surface area (Å²) in [4.78, 5) is 12.0. The minimum atomic E-state index is 0.295. The van der Waals surface area contributed by atoms with Crippen molar-refractivity contribution in [1.29, 1.82) is 0 Å². The van der Waals surface area contributed by atoms with Crippen LogP contribution in [0.4, 0.5) is 0 Å². The third-order valence-electron chi connectivity index (χ3n) is 5.20. The number of hydrogen-bond donors (Lipinski definition) is 2. The molecule has 96 valence electrons. The molecule has 3 aliphatic rings. The lowest BCUT2D eigenvalue weighted by molar-refractivity contribution is -0.123. The molecule has 0 spiro atoms. The second kappa shape index (κ2) is 4.60. The summed E-state index contributed by atoms with van der Waals surface area (Å²) in [5.74, 6) is 3.38. The Morgan fingerprint density at radius 2 is 2.18 bits per heavy atom. The van der Waals surface area contributed by atoms with Crippen LogP contribution in [0, 0.1) is 23.7 Å². The van der Waals surface area contributed by atoms with Gasteiger partial charge in [0.1, 0.15) is 0 Å². The second-order valence-electron chi connectivity index (χ2n) is 6.45. The van der Waals surface area contributed by atoms with Crippen molar-refractivity contribution >= 4 is 5.91 Å². The molecule has 3 rings (SSSR count). The molecule has 1 aliphatic heterocycles. The summed E-state index contributed by atoms with van der Waals surface area (Å²) in [6.07, 6.45) is 6.30. The first-order valence-electron chi connectivity index (χ1n) is 7.22. The number of nitrogens with one attached hydrogen (secondary N) is 2. The molecule has 0 aromatic carbocycles. The van der Waals surface area contributed by atoms with Gasteiger partial charge in [0, 0.05) is 19.0 Å². The van der Waals surface area contributed by atoms with Gasteiger partial charge in [-0.05, 0) is 49.5 Å². The molecule has 2 saturated carbocycles. The van der Waals surface area contributed by atoms with Crippen LogP contribution in [-0.2, 0) is 4.79 Å². The lowest BCUT2D eigenvalue weighted by Gasteiger charge is -2.23. The summed E-state index contributed by atoms with van der Waals surface area (Å²) >= 11 is 0. The van der Waals surface area contributed by atoms with E-state index in [9.17, 15) is 4.79 Å². The third kappa shape index (κ3) is 2.35. The van der Waals surface area contributed by atoms with Crippen LogP contribution in [0.3, 0.4) is 0 Å². The number of fused-ring (bicyclic) bond motifs is 2. The fourth-order valence-corrected chi connectivity index (χ4v) is 4.13. The SMILES string of the molecule is CC1CNCC1NC(=O)CC1CC2CCC1C2. The summed E-state index contributed by atoms with van der Waals surface area (Å²) in [5.41, 5.74) is 0. The summed E-state index contributed by atoms with van der Waals surface area (Å²) in [6.45, 7) is 4.20. The van der Waals surface area contributed by atoms with Crippen LogP contribution in [0.25, 0.3) is 0 Å². The van der Waals surface area contributed by atoms with Gasteiger partial charge in [0.25, 0.3) is 0 Å². The van der Waals surface area contributed by atoms with Crippen molar-refractivity contribution in [1.82, 2.24) is 10.6 Å². The fraction of sp³-hybridized carbons (Fsp3) is 0.929. The van der Waals surface area contributed by atoms with Crippen LogP contribution in [0.1, 0.15) is 39.0 Å². The highest BCUT2D eigenvalue weighted by Gasteiger charge is 2.40. The maximum Gasteiger partial charge on any atom is 0.220 e. The van der Waals surface area contributed by atoms with Gasteiger partial charge in [-0.15, -0.1) is 0 Å². The molecule has 1 saturated heterocycles. The van der Waals surface area contributed by atoms with E-state index in [0.29, 0.717) is 23.8 Å². The van der Waals surface area contributed by atoms with E-state index in [1.54, 1.807) is 0 Å². The predicted molar refractivity (Wildman–Crippen MR) is 67.5 cm³/mol. The van der Waals surface area contributed by atoms with Gasteiger partial charge < -0.3 is 10.6 Å². The normalized spacial score (nSPS) is 44.2. The van der Waals surface area contributed by atoms with Crippen LogP contribution in [-0.4, -0.2) is 25.0 Å². The minimum absolute atomic E-state index is 0.295. The predicted octanol–water partition coefficient (Wildman–Crippen LogP) is 1.54. The summed E-state index contributed by atoms with van der Waals surface area (Å²) in [7, 11) is 0. The lowest BCUT2D eigenvalue weighted by Crippen LogP contribution is -2.40. The standard InChI is InChI=1S/C14H24N2O/c1-9-7-15-8-13(9)16-14(17)6-12-5-10-2-3-11(12)4-10/h9-13,15H,2-8H2,1H3,(H,16,17). The zero-order chi connectivity index (χ0) is 11.8. The Morgan fingerprint density at radius 3 is 2.76 bits per heavy atom. The highest BCUT2D eigenvalue weighted by molar-refractivity contribution is 5.76. The van der Waals surface area contributed by atoms with Crippen LogP contribution in [0.5, 0.6) is 0 Å². The average Bonchev–Trinajstić information content (AvgIpc) is 2.96. The lowest BCUT2D eigenvalue weighted by atomic mass is 9.86. The maximum atomic E-state index is 12.0.